The third kappa shape index (κ3) is 4.69. The van der Waals surface area contributed by atoms with Crippen LogP contribution in [0.1, 0.15) is 11.1 Å². The number of sulfonamides is 1. The summed E-state index contributed by atoms with van der Waals surface area (Å²) in [6, 6.07) is 17.0. The lowest BCUT2D eigenvalue weighted by molar-refractivity contribution is 0.600. The highest BCUT2D eigenvalue weighted by atomic mass is 79.9. The maximum Gasteiger partial charge on any atom is 0.237 e. The van der Waals surface area contributed by atoms with Crippen LogP contribution < -0.4 is 4.72 Å². The summed E-state index contributed by atoms with van der Waals surface area (Å²) in [5.41, 5.74) is 2.29. The van der Waals surface area contributed by atoms with Gasteiger partial charge in [-0.05, 0) is 23.3 Å². The van der Waals surface area contributed by atoms with Gasteiger partial charge in [-0.2, -0.15) is 5.10 Å². The van der Waals surface area contributed by atoms with Crippen LogP contribution in [0.5, 0.6) is 0 Å². The van der Waals surface area contributed by atoms with Gasteiger partial charge in [-0.25, -0.2) is 8.42 Å². The van der Waals surface area contributed by atoms with Crippen molar-refractivity contribution >= 4 is 31.6 Å². The SMILES string of the molecule is O=S(=O)(Cc1ccccc1)Nc1cnn(Cc2ccc(Br)cc2)c1. The van der Waals surface area contributed by atoms with Gasteiger partial charge in [0.1, 0.15) is 0 Å². The fraction of sp³-hybridized carbons (Fsp3) is 0.118. The Hall–Kier alpha value is -2.12. The molecule has 0 saturated carbocycles. The van der Waals surface area contributed by atoms with E-state index in [0.29, 0.717) is 12.2 Å². The Bertz CT molecular complexity index is 907. The zero-order valence-corrected chi connectivity index (χ0v) is 15.2. The standard InChI is InChI=1S/C17H16BrN3O2S/c18-16-8-6-14(7-9-16)11-21-12-17(10-19-21)20-24(22,23)13-15-4-2-1-3-5-15/h1-10,12,20H,11,13H2. The van der Waals surface area contributed by atoms with Crippen molar-refractivity contribution in [3.8, 4) is 0 Å². The van der Waals surface area contributed by atoms with E-state index in [1.165, 1.54) is 6.20 Å². The van der Waals surface area contributed by atoms with Crippen molar-refractivity contribution in [3.63, 3.8) is 0 Å². The van der Waals surface area contributed by atoms with Gasteiger partial charge in [0.25, 0.3) is 0 Å². The van der Waals surface area contributed by atoms with E-state index in [1.807, 2.05) is 42.5 Å². The van der Waals surface area contributed by atoms with Crippen molar-refractivity contribution in [3.05, 3.63) is 82.6 Å². The fourth-order valence-electron chi connectivity index (χ4n) is 2.29. The largest absolute Gasteiger partial charge is 0.280 e. The van der Waals surface area contributed by atoms with Crippen LogP contribution in [0.4, 0.5) is 5.69 Å². The Kier molecular flexibility index (Phi) is 5.01. The van der Waals surface area contributed by atoms with Gasteiger partial charge in [-0.3, -0.25) is 9.40 Å². The molecule has 0 saturated heterocycles. The monoisotopic (exact) mass is 405 g/mol. The van der Waals surface area contributed by atoms with Crippen LogP contribution in [0.15, 0.2) is 71.5 Å². The summed E-state index contributed by atoms with van der Waals surface area (Å²) < 4.78 is 29.7. The lowest BCUT2D eigenvalue weighted by atomic mass is 10.2. The second kappa shape index (κ2) is 7.19. The molecule has 0 amide bonds. The third-order valence-corrected chi connectivity index (χ3v) is 5.15. The summed E-state index contributed by atoms with van der Waals surface area (Å²) in [4.78, 5) is 0. The molecular weight excluding hydrogens is 390 g/mol. The number of nitrogens with zero attached hydrogens (tertiary/aromatic N) is 2. The molecule has 3 rings (SSSR count). The van der Waals surface area contributed by atoms with Gasteiger partial charge in [0, 0.05) is 10.7 Å². The van der Waals surface area contributed by atoms with Crippen LogP contribution in [0, 0.1) is 0 Å². The Morgan fingerprint density at radius 3 is 2.42 bits per heavy atom. The first-order valence-corrected chi connectivity index (χ1v) is 9.76. The number of hydrogen-bond donors (Lipinski definition) is 1. The average molecular weight is 406 g/mol. The first kappa shape index (κ1) is 16.7. The molecule has 0 aliphatic rings. The highest BCUT2D eigenvalue weighted by molar-refractivity contribution is 9.10. The van der Waals surface area contributed by atoms with Gasteiger partial charge >= 0.3 is 0 Å². The number of rotatable bonds is 6. The maximum atomic E-state index is 12.2. The summed E-state index contributed by atoms with van der Waals surface area (Å²) in [6.07, 6.45) is 3.20. The molecule has 0 unspecified atom stereocenters. The summed E-state index contributed by atoms with van der Waals surface area (Å²) in [5.74, 6) is -0.0638. The first-order chi connectivity index (χ1) is 11.5. The Labute approximate surface area is 149 Å². The minimum atomic E-state index is -3.46. The molecule has 2 aromatic carbocycles. The molecule has 0 bridgehead atoms. The molecule has 0 aliphatic heterocycles. The van der Waals surface area contributed by atoms with Crippen LogP contribution >= 0.6 is 15.9 Å². The molecule has 0 spiro atoms. The van der Waals surface area contributed by atoms with E-state index in [-0.39, 0.29) is 5.75 Å². The minimum absolute atomic E-state index is 0.0638. The van der Waals surface area contributed by atoms with Crippen molar-refractivity contribution in [2.45, 2.75) is 12.3 Å². The smallest absolute Gasteiger partial charge is 0.237 e. The van der Waals surface area contributed by atoms with Gasteiger partial charge in [-0.15, -0.1) is 0 Å². The molecule has 1 N–H and O–H groups in total. The van der Waals surface area contributed by atoms with Crippen molar-refractivity contribution in [1.29, 1.82) is 0 Å². The van der Waals surface area contributed by atoms with Gasteiger partial charge in [-0.1, -0.05) is 58.4 Å². The normalized spacial score (nSPS) is 11.4. The van der Waals surface area contributed by atoms with E-state index in [2.05, 4.69) is 25.8 Å². The minimum Gasteiger partial charge on any atom is -0.280 e. The van der Waals surface area contributed by atoms with E-state index in [0.717, 1.165) is 15.6 Å². The predicted molar refractivity (Wildman–Crippen MR) is 98.2 cm³/mol. The van der Waals surface area contributed by atoms with Gasteiger partial charge in [0.15, 0.2) is 0 Å². The molecule has 0 atom stereocenters. The molecule has 1 heterocycles. The number of aromatic nitrogens is 2. The number of nitrogens with one attached hydrogen (secondary N) is 1. The number of anilines is 1. The molecule has 3 aromatic rings. The molecule has 24 heavy (non-hydrogen) atoms. The average Bonchev–Trinajstić information content (AvgIpc) is 2.96. The zero-order valence-electron chi connectivity index (χ0n) is 12.8. The van der Waals surface area contributed by atoms with Crippen molar-refractivity contribution in [2.24, 2.45) is 0 Å². The Morgan fingerprint density at radius 2 is 1.71 bits per heavy atom. The highest BCUT2D eigenvalue weighted by Gasteiger charge is 2.12. The lowest BCUT2D eigenvalue weighted by Crippen LogP contribution is -2.14. The fourth-order valence-corrected chi connectivity index (χ4v) is 3.72. The molecule has 7 heteroatoms. The highest BCUT2D eigenvalue weighted by Crippen LogP contribution is 2.14. The molecule has 1 aromatic heterocycles. The topological polar surface area (TPSA) is 64.0 Å². The van der Waals surface area contributed by atoms with Gasteiger partial charge < -0.3 is 0 Å². The molecule has 124 valence electrons. The van der Waals surface area contributed by atoms with Gasteiger partial charge in [0.2, 0.25) is 10.0 Å². The molecular formula is C17H16BrN3O2S. The molecule has 0 radical (unpaired) electrons. The van der Waals surface area contributed by atoms with Crippen LogP contribution in [0.3, 0.4) is 0 Å². The maximum absolute atomic E-state index is 12.2. The Balaban J connectivity index is 1.66. The van der Waals surface area contributed by atoms with E-state index in [1.54, 1.807) is 23.0 Å². The summed E-state index contributed by atoms with van der Waals surface area (Å²) in [7, 11) is -3.46. The number of hydrogen-bond acceptors (Lipinski definition) is 3. The second-order valence-electron chi connectivity index (χ2n) is 5.40. The third-order valence-electron chi connectivity index (χ3n) is 3.36. The predicted octanol–water partition coefficient (Wildman–Crippen LogP) is 3.64. The van der Waals surface area contributed by atoms with E-state index >= 15 is 0 Å². The second-order valence-corrected chi connectivity index (χ2v) is 8.04. The summed E-state index contributed by atoms with van der Waals surface area (Å²) in [6.45, 7) is 0.577. The van der Waals surface area contributed by atoms with Crippen LogP contribution in [0.25, 0.3) is 0 Å². The van der Waals surface area contributed by atoms with Crippen molar-refractivity contribution in [1.82, 2.24) is 9.78 Å². The van der Waals surface area contributed by atoms with Gasteiger partial charge in [0.05, 0.1) is 24.2 Å². The van der Waals surface area contributed by atoms with Crippen LogP contribution in [-0.4, -0.2) is 18.2 Å². The lowest BCUT2D eigenvalue weighted by Gasteiger charge is -2.06. The number of halogens is 1. The molecule has 0 fully saturated rings. The number of benzene rings is 2. The van der Waals surface area contributed by atoms with Crippen LogP contribution in [-0.2, 0) is 22.3 Å². The van der Waals surface area contributed by atoms with E-state index < -0.39 is 10.0 Å². The zero-order chi connectivity index (χ0) is 17.0. The van der Waals surface area contributed by atoms with E-state index in [9.17, 15) is 8.42 Å². The van der Waals surface area contributed by atoms with E-state index in [4.69, 9.17) is 0 Å². The summed E-state index contributed by atoms with van der Waals surface area (Å²) >= 11 is 3.40. The molecule has 5 nitrogen and oxygen atoms in total. The van der Waals surface area contributed by atoms with Crippen LogP contribution in [0.2, 0.25) is 0 Å². The quantitative estimate of drug-likeness (QED) is 0.680. The van der Waals surface area contributed by atoms with Crippen molar-refractivity contribution < 1.29 is 8.42 Å². The summed E-state index contributed by atoms with van der Waals surface area (Å²) in [5, 5.41) is 4.20. The first-order valence-electron chi connectivity index (χ1n) is 7.31. The Morgan fingerprint density at radius 1 is 1.00 bits per heavy atom. The molecule has 0 aliphatic carbocycles. The van der Waals surface area contributed by atoms with Crippen molar-refractivity contribution in [2.75, 3.05) is 4.72 Å².